The predicted octanol–water partition coefficient (Wildman–Crippen LogP) is 9.35. The number of hydrogen-bond donors (Lipinski definition) is 0. The Labute approximate surface area is 239 Å². The molecule has 6 aromatic carbocycles. The minimum Gasteiger partial charge on any atom is -0.386 e. The van der Waals surface area contributed by atoms with Gasteiger partial charge in [-0.1, -0.05) is 146 Å². The summed E-state index contributed by atoms with van der Waals surface area (Å²) in [6.45, 7) is 0. The van der Waals surface area contributed by atoms with Gasteiger partial charge in [-0.15, -0.1) is 0 Å². The third-order valence-corrected chi connectivity index (χ3v) is 7.05. The highest BCUT2D eigenvalue weighted by Gasteiger charge is 2.23. The van der Waals surface area contributed by atoms with E-state index in [2.05, 4.69) is 0 Å². The van der Waals surface area contributed by atoms with Gasteiger partial charge in [-0.3, -0.25) is 0 Å². The Morgan fingerprint density at radius 2 is 0.659 bits per heavy atom. The first-order valence-corrected chi connectivity index (χ1v) is 13.4. The van der Waals surface area contributed by atoms with Crippen molar-refractivity contribution in [3.05, 3.63) is 169 Å². The largest absolute Gasteiger partial charge is 0.386 e. The summed E-state index contributed by atoms with van der Waals surface area (Å²) in [5.74, 6) is -1.40. The summed E-state index contributed by atoms with van der Waals surface area (Å²) in [6, 6.07) is 50.3. The van der Waals surface area contributed by atoms with Gasteiger partial charge in [0.05, 0.1) is 11.1 Å². The predicted molar refractivity (Wildman–Crippen MR) is 164 cm³/mol. The van der Waals surface area contributed by atoms with E-state index in [0.717, 1.165) is 33.4 Å². The molecule has 0 radical (unpaired) electrons. The van der Waals surface area contributed by atoms with Gasteiger partial charge in [-0.05, 0) is 56.6 Å². The molecule has 0 fully saturated rings. The fourth-order valence-electron chi connectivity index (χ4n) is 4.98. The van der Waals surface area contributed by atoms with Crippen LogP contribution in [0, 0.1) is 0 Å². The standard InChI is InChI=1S/C38H26O3/c39-37(35-25-31(27-13-5-1-6-14-27)21-23-33(35)29-17-9-3-10-18-29)41-38(40)36-26-32(28-15-7-2-8-16-28)22-24-34(36)30-19-11-4-12-20-30/h1-26H. The maximum absolute atomic E-state index is 13.8. The molecule has 3 nitrogen and oxygen atoms in total. The SMILES string of the molecule is O=C(OC(=O)c1cc(-c2ccccc2)ccc1-c1ccccc1)c1cc(-c2ccccc2)ccc1-c1ccccc1. The van der Waals surface area contributed by atoms with Crippen LogP contribution in [0.3, 0.4) is 0 Å². The van der Waals surface area contributed by atoms with Crippen molar-refractivity contribution in [2.75, 3.05) is 0 Å². The molecular formula is C38H26O3. The zero-order valence-electron chi connectivity index (χ0n) is 22.2. The summed E-state index contributed by atoms with van der Waals surface area (Å²) in [5, 5.41) is 0. The van der Waals surface area contributed by atoms with Crippen molar-refractivity contribution < 1.29 is 14.3 Å². The topological polar surface area (TPSA) is 43.4 Å². The zero-order valence-corrected chi connectivity index (χ0v) is 22.2. The maximum Gasteiger partial charge on any atom is 0.346 e. The number of hydrogen-bond acceptors (Lipinski definition) is 3. The molecule has 3 heteroatoms. The van der Waals surface area contributed by atoms with Crippen molar-refractivity contribution in [2.45, 2.75) is 0 Å². The molecule has 0 aliphatic carbocycles. The third kappa shape index (κ3) is 5.61. The lowest BCUT2D eigenvalue weighted by Crippen LogP contribution is -2.15. The summed E-state index contributed by atoms with van der Waals surface area (Å²) < 4.78 is 5.65. The van der Waals surface area contributed by atoms with E-state index < -0.39 is 11.9 Å². The third-order valence-electron chi connectivity index (χ3n) is 7.05. The molecule has 0 aliphatic rings. The van der Waals surface area contributed by atoms with Gasteiger partial charge in [-0.2, -0.15) is 0 Å². The van der Waals surface area contributed by atoms with E-state index in [4.69, 9.17) is 4.74 Å². The van der Waals surface area contributed by atoms with Crippen LogP contribution in [0.25, 0.3) is 44.5 Å². The summed E-state index contributed by atoms with van der Waals surface area (Å²) in [5.41, 5.74) is 7.43. The Kier molecular flexibility index (Phi) is 7.33. The number of rotatable bonds is 6. The summed E-state index contributed by atoms with van der Waals surface area (Å²) in [6.07, 6.45) is 0. The van der Waals surface area contributed by atoms with Crippen LogP contribution in [0.15, 0.2) is 158 Å². The highest BCUT2D eigenvalue weighted by atomic mass is 16.6. The lowest BCUT2D eigenvalue weighted by molar-refractivity contribution is 0.0399. The van der Waals surface area contributed by atoms with Crippen LogP contribution in [0.5, 0.6) is 0 Å². The highest BCUT2D eigenvalue weighted by molar-refractivity contribution is 6.09. The Morgan fingerprint density at radius 3 is 1.00 bits per heavy atom. The van der Waals surface area contributed by atoms with Gasteiger partial charge in [-0.25, -0.2) is 9.59 Å². The molecule has 6 rings (SSSR count). The second kappa shape index (κ2) is 11.7. The van der Waals surface area contributed by atoms with Crippen LogP contribution in [-0.4, -0.2) is 11.9 Å². The van der Waals surface area contributed by atoms with Crippen molar-refractivity contribution in [1.82, 2.24) is 0 Å². The van der Waals surface area contributed by atoms with E-state index in [1.165, 1.54) is 0 Å². The molecule has 0 bridgehead atoms. The quantitative estimate of drug-likeness (QED) is 0.159. The molecule has 0 amide bonds. The first kappa shape index (κ1) is 25.7. The molecule has 0 N–H and O–H groups in total. The van der Waals surface area contributed by atoms with Gasteiger partial charge in [0.2, 0.25) is 0 Å². The lowest BCUT2D eigenvalue weighted by Gasteiger charge is -2.14. The van der Waals surface area contributed by atoms with E-state index in [1.807, 2.05) is 146 Å². The van der Waals surface area contributed by atoms with Gasteiger partial charge in [0.15, 0.2) is 0 Å². The van der Waals surface area contributed by atoms with Gasteiger partial charge < -0.3 is 4.74 Å². The van der Waals surface area contributed by atoms with E-state index in [9.17, 15) is 9.59 Å². The molecule has 0 saturated carbocycles. The van der Waals surface area contributed by atoms with Crippen molar-refractivity contribution in [3.63, 3.8) is 0 Å². The van der Waals surface area contributed by atoms with Crippen molar-refractivity contribution in [3.8, 4) is 44.5 Å². The fourth-order valence-corrected chi connectivity index (χ4v) is 4.98. The molecule has 0 unspecified atom stereocenters. The molecule has 196 valence electrons. The van der Waals surface area contributed by atoms with E-state index in [-0.39, 0.29) is 0 Å². The van der Waals surface area contributed by atoms with Crippen molar-refractivity contribution >= 4 is 11.9 Å². The second-order valence-corrected chi connectivity index (χ2v) is 9.66. The zero-order chi connectivity index (χ0) is 28.0. The Bertz CT molecular complexity index is 1670. The van der Waals surface area contributed by atoms with Crippen LogP contribution >= 0.6 is 0 Å². The minimum atomic E-state index is -0.698. The molecule has 0 aliphatic heterocycles. The Hall–Kier alpha value is -5.54. The van der Waals surface area contributed by atoms with E-state index >= 15 is 0 Å². The molecule has 0 aromatic heterocycles. The molecule has 6 aromatic rings. The highest BCUT2D eigenvalue weighted by Crippen LogP contribution is 2.32. The number of esters is 2. The Morgan fingerprint density at radius 1 is 0.341 bits per heavy atom. The van der Waals surface area contributed by atoms with Crippen LogP contribution in [0.4, 0.5) is 0 Å². The molecule has 0 saturated heterocycles. The maximum atomic E-state index is 13.8. The number of carbonyl (C=O) groups is 2. The molecule has 0 atom stereocenters. The van der Waals surface area contributed by atoms with Gasteiger partial charge in [0.1, 0.15) is 0 Å². The Balaban J connectivity index is 1.41. The van der Waals surface area contributed by atoms with E-state index in [1.54, 1.807) is 12.1 Å². The monoisotopic (exact) mass is 530 g/mol. The smallest absolute Gasteiger partial charge is 0.346 e. The molecular weight excluding hydrogens is 504 g/mol. The molecule has 0 spiro atoms. The molecule has 0 heterocycles. The number of carbonyl (C=O) groups excluding carboxylic acids is 2. The van der Waals surface area contributed by atoms with Crippen LogP contribution in [-0.2, 0) is 4.74 Å². The second-order valence-electron chi connectivity index (χ2n) is 9.66. The van der Waals surface area contributed by atoms with Crippen molar-refractivity contribution in [1.29, 1.82) is 0 Å². The summed E-state index contributed by atoms with van der Waals surface area (Å²) >= 11 is 0. The fraction of sp³-hybridized carbons (Fsp3) is 0. The van der Waals surface area contributed by atoms with Gasteiger partial charge >= 0.3 is 11.9 Å². The van der Waals surface area contributed by atoms with Gasteiger partial charge in [0, 0.05) is 0 Å². The van der Waals surface area contributed by atoms with E-state index in [0.29, 0.717) is 22.3 Å². The van der Waals surface area contributed by atoms with Crippen LogP contribution in [0.1, 0.15) is 20.7 Å². The van der Waals surface area contributed by atoms with Crippen LogP contribution < -0.4 is 0 Å². The lowest BCUT2D eigenvalue weighted by atomic mass is 9.94. The van der Waals surface area contributed by atoms with Crippen LogP contribution in [0.2, 0.25) is 0 Å². The minimum absolute atomic E-state index is 0.325. The normalized spacial score (nSPS) is 10.6. The average molecular weight is 531 g/mol. The number of ether oxygens (including phenoxy) is 1. The number of benzene rings is 6. The summed E-state index contributed by atoms with van der Waals surface area (Å²) in [7, 11) is 0. The molecule has 41 heavy (non-hydrogen) atoms. The van der Waals surface area contributed by atoms with Gasteiger partial charge in [0.25, 0.3) is 0 Å². The average Bonchev–Trinajstić information content (AvgIpc) is 3.06. The first-order chi connectivity index (χ1) is 20.2. The summed E-state index contributed by atoms with van der Waals surface area (Å²) in [4.78, 5) is 27.5. The first-order valence-electron chi connectivity index (χ1n) is 13.4. The van der Waals surface area contributed by atoms with Crippen molar-refractivity contribution in [2.24, 2.45) is 0 Å².